The van der Waals surface area contributed by atoms with Gasteiger partial charge in [0.2, 0.25) is 0 Å². The largest absolute Gasteiger partial charge is 0.494 e. The van der Waals surface area contributed by atoms with E-state index in [9.17, 15) is 0 Å². The van der Waals surface area contributed by atoms with Gasteiger partial charge in [0.1, 0.15) is 5.75 Å². The molecule has 20 heavy (non-hydrogen) atoms. The maximum Gasteiger partial charge on any atom is 0.124 e. The van der Waals surface area contributed by atoms with Gasteiger partial charge in [-0.3, -0.25) is 0 Å². The van der Waals surface area contributed by atoms with Gasteiger partial charge in [0.15, 0.2) is 0 Å². The Morgan fingerprint density at radius 2 is 2.00 bits per heavy atom. The third-order valence-corrected chi connectivity index (χ3v) is 3.93. The van der Waals surface area contributed by atoms with E-state index in [0.717, 1.165) is 26.4 Å². The van der Waals surface area contributed by atoms with E-state index in [1.54, 1.807) is 0 Å². The zero-order valence-electron chi connectivity index (χ0n) is 11.3. The summed E-state index contributed by atoms with van der Waals surface area (Å²) in [4.78, 5) is 0. The van der Waals surface area contributed by atoms with Crippen LogP contribution in [0.15, 0.2) is 46.9 Å². The summed E-state index contributed by atoms with van der Waals surface area (Å²) in [6.07, 6.45) is 0.677. The van der Waals surface area contributed by atoms with Crippen LogP contribution in [0.4, 0.5) is 0 Å². The van der Waals surface area contributed by atoms with E-state index in [0.29, 0.717) is 13.0 Å². The maximum atomic E-state index is 6.34. The summed E-state index contributed by atoms with van der Waals surface area (Å²) in [5, 5.41) is 0.746. The summed E-state index contributed by atoms with van der Waals surface area (Å²) in [6.45, 7) is 2.58. The topological polar surface area (TPSA) is 35.2 Å². The number of hydrogen-bond acceptors (Lipinski definition) is 2. The lowest BCUT2D eigenvalue weighted by Crippen LogP contribution is -2.15. The predicted molar refractivity (Wildman–Crippen MR) is 87.4 cm³/mol. The number of hydrogen-bond donors (Lipinski definition) is 1. The van der Waals surface area contributed by atoms with Crippen molar-refractivity contribution in [2.45, 2.75) is 19.4 Å². The van der Waals surface area contributed by atoms with E-state index in [1.807, 2.05) is 49.4 Å². The van der Waals surface area contributed by atoms with Crippen molar-refractivity contribution in [2.24, 2.45) is 5.73 Å². The number of benzene rings is 2. The van der Waals surface area contributed by atoms with Crippen LogP contribution in [0, 0.1) is 0 Å². The number of nitrogens with two attached hydrogens (primary N) is 1. The normalized spacial score (nSPS) is 12.2. The standard InChI is InChI=1S/C16H17BrClNO/c1-2-20-16-8-7-12(17)10-13(16)15(19)9-11-5-3-4-6-14(11)18/h3-8,10,15H,2,9,19H2,1H3. The lowest BCUT2D eigenvalue weighted by molar-refractivity contribution is 0.334. The fourth-order valence-electron chi connectivity index (χ4n) is 2.11. The van der Waals surface area contributed by atoms with Gasteiger partial charge < -0.3 is 10.5 Å². The first kappa shape index (κ1) is 15.4. The zero-order valence-corrected chi connectivity index (χ0v) is 13.6. The Balaban J connectivity index is 2.26. The smallest absolute Gasteiger partial charge is 0.124 e. The molecule has 0 bridgehead atoms. The molecular formula is C16H17BrClNO. The van der Waals surface area contributed by atoms with E-state index in [1.165, 1.54) is 0 Å². The molecule has 0 spiro atoms. The van der Waals surface area contributed by atoms with Crippen LogP contribution in [-0.2, 0) is 6.42 Å². The highest BCUT2D eigenvalue weighted by Gasteiger charge is 2.14. The summed E-state index contributed by atoms with van der Waals surface area (Å²) in [5.74, 6) is 0.829. The van der Waals surface area contributed by atoms with Crippen molar-refractivity contribution in [1.29, 1.82) is 0 Å². The first-order chi connectivity index (χ1) is 9.61. The molecule has 0 heterocycles. The van der Waals surface area contributed by atoms with Crippen LogP contribution in [0.2, 0.25) is 5.02 Å². The average molecular weight is 355 g/mol. The number of halogens is 2. The van der Waals surface area contributed by atoms with Crippen LogP contribution in [0.5, 0.6) is 5.75 Å². The molecule has 1 unspecified atom stereocenters. The summed E-state index contributed by atoms with van der Waals surface area (Å²) in [6, 6.07) is 13.5. The Labute approximate surface area is 133 Å². The van der Waals surface area contributed by atoms with Crippen molar-refractivity contribution >= 4 is 27.5 Å². The molecule has 2 aromatic carbocycles. The van der Waals surface area contributed by atoms with Gasteiger partial charge in [-0.1, -0.05) is 45.7 Å². The molecule has 2 N–H and O–H groups in total. The molecular weight excluding hydrogens is 338 g/mol. The van der Waals surface area contributed by atoms with Gasteiger partial charge >= 0.3 is 0 Å². The van der Waals surface area contributed by atoms with E-state index in [4.69, 9.17) is 22.1 Å². The minimum atomic E-state index is -0.158. The molecule has 0 aliphatic rings. The molecule has 106 valence electrons. The van der Waals surface area contributed by atoms with Crippen molar-refractivity contribution in [1.82, 2.24) is 0 Å². The number of ether oxygens (including phenoxy) is 1. The maximum absolute atomic E-state index is 6.34. The lowest BCUT2D eigenvalue weighted by Gasteiger charge is -2.17. The van der Waals surface area contributed by atoms with Gasteiger partial charge in [-0.15, -0.1) is 0 Å². The Morgan fingerprint density at radius 3 is 2.70 bits per heavy atom. The Kier molecular flexibility index (Phi) is 5.46. The third-order valence-electron chi connectivity index (χ3n) is 3.07. The first-order valence-electron chi connectivity index (χ1n) is 6.53. The highest BCUT2D eigenvalue weighted by atomic mass is 79.9. The molecule has 2 rings (SSSR count). The van der Waals surface area contributed by atoms with Gasteiger partial charge in [-0.25, -0.2) is 0 Å². The minimum Gasteiger partial charge on any atom is -0.494 e. The molecule has 0 aliphatic heterocycles. The fourth-order valence-corrected chi connectivity index (χ4v) is 2.70. The summed E-state index contributed by atoms with van der Waals surface area (Å²) in [5.41, 5.74) is 8.37. The Hall–Kier alpha value is -1.03. The molecule has 0 fully saturated rings. The molecule has 1 atom stereocenters. The summed E-state index contributed by atoms with van der Waals surface area (Å²) >= 11 is 9.67. The van der Waals surface area contributed by atoms with Crippen LogP contribution in [-0.4, -0.2) is 6.61 Å². The van der Waals surface area contributed by atoms with Gasteiger partial charge in [-0.2, -0.15) is 0 Å². The van der Waals surface area contributed by atoms with Crippen molar-refractivity contribution in [3.05, 3.63) is 63.1 Å². The van der Waals surface area contributed by atoms with Crippen molar-refractivity contribution in [3.8, 4) is 5.75 Å². The quantitative estimate of drug-likeness (QED) is 0.841. The average Bonchev–Trinajstić information content (AvgIpc) is 2.43. The molecule has 2 aromatic rings. The predicted octanol–water partition coefficient (Wildman–Crippen LogP) is 4.74. The number of rotatable bonds is 5. The molecule has 0 aliphatic carbocycles. The molecule has 0 saturated heterocycles. The van der Waals surface area contributed by atoms with Gasteiger partial charge in [0.25, 0.3) is 0 Å². The molecule has 0 radical (unpaired) electrons. The van der Waals surface area contributed by atoms with Crippen molar-refractivity contribution in [2.75, 3.05) is 6.61 Å². The monoisotopic (exact) mass is 353 g/mol. The van der Waals surface area contributed by atoms with Crippen LogP contribution in [0.1, 0.15) is 24.1 Å². The second kappa shape index (κ2) is 7.11. The highest BCUT2D eigenvalue weighted by molar-refractivity contribution is 9.10. The SMILES string of the molecule is CCOc1ccc(Br)cc1C(N)Cc1ccccc1Cl. The van der Waals surface area contributed by atoms with Crippen LogP contribution in [0.3, 0.4) is 0 Å². The van der Waals surface area contributed by atoms with E-state index in [-0.39, 0.29) is 6.04 Å². The Morgan fingerprint density at radius 1 is 1.25 bits per heavy atom. The van der Waals surface area contributed by atoms with Gasteiger partial charge in [0.05, 0.1) is 6.61 Å². The summed E-state index contributed by atoms with van der Waals surface area (Å²) < 4.78 is 6.64. The molecule has 2 nitrogen and oxygen atoms in total. The first-order valence-corrected chi connectivity index (χ1v) is 7.70. The van der Waals surface area contributed by atoms with Crippen LogP contribution >= 0.6 is 27.5 Å². The van der Waals surface area contributed by atoms with Crippen LogP contribution < -0.4 is 10.5 Å². The van der Waals surface area contributed by atoms with Gasteiger partial charge in [-0.05, 0) is 43.2 Å². The van der Waals surface area contributed by atoms with E-state index < -0.39 is 0 Å². The molecule has 4 heteroatoms. The van der Waals surface area contributed by atoms with Crippen molar-refractivity contribution < 1.29 is 4.74 Å². The summed E-state index contributed by atoms with van der Waals surface area (Å²) in [7, 11) is 0. The second-order valence-corrected chi connectivity index (χ2v) is 5.84. The second-order valence-electron chi connectivity index (χ2n) is 4.52. The van der Waals surface area contributed by atoms with E-state index in [2.05, 4.69) is 15.9 Å². The van der Waals surface area contributed by atoms with Crippen LogP contribution in [0.25, 0.3) is 0 Å². The zero-order chi connectivity index (χ0) is 14.5. The third kappa shape index (κ3) is 3.75. The van der Waals surface area contributed by atoms with Crippen molar-refractivity contribution in [3.63, 3.8) is 0 Å². The lowest BCUT2D eigenvalue weighted by atomic mass is 9.99. The molecule has 0 saturated carbocycles. The highest BCUT2D eigenvalue weighted by Crippen LogP contribution is 2.30. The Bertz CT molecular complexity index is 588. The molecule has 0 aromatic heterocycles. The minimum absolute atomic E-state index is 0.158. The van der Waals surface area contributed by atoms with E-state index >= 15 is 0 Å². The molecule has 0 amide bonds. The fraction of sp³-hybridized carbons (Fsp3) is 0.250. The van der Waals surface area contributed by atoms with Gasteiger partial charge in [0, 0.05) is 21.1 Å².